The summed E-state index contributed by atoms with van der Waals surface area (Å²) in [5.74, 6) is 0. The molecule has 0 spiro atoms. The van der Waals surface area contributed by atoms with Crippen molar-refractivity contribution in [2.24, 2.45) is 0 Å². The Hall–Kier alpha value is -1.48. The molecule has 0 atom stereocenters. The standard InChI is InChI=1S/C14H18N2S/c1-11-8-14(17-10-11)9-15-12-4-6-13(7-5-12)16(2)3/h4-8,10,15H,9H2,1-3H3. The van der Waals surface area contributed by atoms with Crippen LogP contribution in [0.5, 0.6) is 0 Å². The third-order valence-electron chi connectivity index (χ3n) is 2.64. The van der Waals surface area contributed by atoms with Gasteiger partial charge in [-0.25, -0.2) is 0 Å². The highest BCUT2D eigenvalue weighted by molar-refractivity contribution is 7.10. The summed E-state index contributed by atoms with van der Waals surface area (Å²) < 4.78 is 0. The van der Waals surface area contributed by atoms with Gasteiger partial charge in [-0.05, 0) is 48.2 Å². The topological polar surface area (TPSA) is 15.3 Å². The second kappa shape index (κ2) is 5.23. The second-order valence-electron chi connectivity index (χ2n) is 4.39. The number of benzene rings is 1. The molecule has 0 fully saturated rings. The Morgan fingerprint density at radius 2 is 1.88 bits per heavy atom. The number of nitrogens with one attached hydrogen (secondary N) is 1. The average molecular weight is 246 g/mol. The number of rotatable bonds is 4. The molecular formula is C14H18N2S. The molecule has 1 aromatic carbocycles. The number of aryl methyl sites for hydroxylation is 1. The second-order valence-corrected chi connectivity index (χ2v) is 5.38. The quantitative estimate of drug-likeness (QED) is 0.884. The Balaban J connectivity index is 1.95. The van der Waals surface area contributed by atoms with Crippen LogP contribution in [-0.4, -0.2) is 14.1 Å². The number of anilines is 2. The Morgan fingerprint density at radius 3 is 2.41 bits per heavy atom. The van der Waals surface area contributed by atoms with Crippen molar-refractivity contribution in [1.82, 2.24) is 0 Å². The monoisotopic (exact) mass is 246 g/mol. The van der Waals surface area contributed by atoms with Crippen molar-refractivity contribution in [3.8, 4) is 0 Å². The van der Waals surface area contributed by atoms with Crippen LogP contribution >= 0.6 is 11.3 Å². The van der Waals surface area contributed by atoms with Gasteiger partial charge in [0.1, 0.15) is 0 Å². The van der Waals surface area contributed by atoms with Gasteiger partial charge in [-0.1, -0.05) is 0 Å². The molecule has 1 aromatic heterocycles. The maximum Gasteiger partial charge on any atom is 0.0494 e. The summed E-state index contributed by atoms with van der Waals surface area (Å²) in [5, 5.41) is 5.62. The lowest BCUT2D eigenvalue weighted by atomic mass is 10.2. The van der Waals surface area contributed by atoms with Gasteiger partial charge in [-0.15, -0.1) is 11.3 Å². The Bertz CT molecular complexity index is 471. The van der Waals surface area contributed by atoms with E-state index in [1.807, 2.05) is 0 Å². The van der Waals surface area contributed by atoms with E-state index in [0.29, 0.717) is 0 Å². The van der Waals surface area contributed by atoms with Crippen LogP contribution in [0.2, 0.25) is 0 Å². The molecule has 0 aliphatic rings. The number of nitrogens with zero attached hydrogens (tertiary/aromatic N) is 1. The van der Waals surface area contributed by atoms with Crippen LogP contribution < -0.4 is 10.2 Å². The van der Waals surface area contributed by atoms with Crippen LogP contribution in [0.3, 0.4) is 0 Å². The molecule has 0 bridgehead atoms. The first-order valence-corrected chi connectivity index (χ1v) is 6.58. The number of thiophene rings is 1. The van der Waals surface area contributed by atoms with E-state index in [0.717, 1.165) is 6.54 Å². The van der Waals surface area contributed by atoms with Gasteiger partial charge in [0.15, 0.2) is 0 Å². The van der Waals surface area contributed by atoms with Gasteiger partial charge in [-0.2, -0.15) is 0 Å². The summed E-state index contributed by atoms with van der Waals surface area (Å²) in [6, 6.07) is 10.7. The first kappa shape index (κ1) is 12.0. The lowest BCUT2D eigenvalue weighted by Gasteiger charge is -2.13. The minimum Gasteiger partial charge on any atom is -0.380 e. The fourth-order valence-corrected chi connectivity index (χ4v) is 2.46. The molecule has 2 aromatic rings. The van der Waals surface area contributed by atoms with Crippen molar-refractivity contribution < 1.29 is 0 Å². The first-order valence-electron chi connectivity index (χ1n) is 5.70. The van der Waals surface area contributed by atoms with Gasteiger partial charge in [0.25, 0.3) is 0 Å². The third-order valence-corrected chi connectivity index (χ3v) is 3.69. The van der Waals surface area contributed by atoms with Crippen LogP contribution in [0, 0.1) is 6.92 Å². The van der Waals surface area contributed by atoms with Gasteiger partial charge >= 0.3 is 0 Å². The van der Waals surface area contributed by atoms with Gasteiger partial charge < -0.3 is 10.2 Å². The van der Waals surface area contributed by atoms with Crippen LogP contribution in [0.25, 0.3) is 0 Å². The smallest absolute Gasteiger partial charge is 0.0494 e. The molecule has 0 unspecified atom stereocenters. The predicted octanol–water partition coefficient (Wildman–Crippen LogP) is 3.73. The molecule has 90 valence electrons. The zero-order valence-corrected chi connectivity index (χ0v) is 11.3. The summed E-state index contributed by atoms with van der Waals surface area (Å²) in [4.78, 5) is 3.48. The lowest BCUT2D eigenvalue weighted by molar-refractivity contribution is 1.13. The number of hydrogen-bond acceptors (Lipinski definition) is 3. The van der Waals surface area contributed by atoms with Crippen molar-refractivity contribution in [2.75, 3.05) is 24.3 Å². The third kappa shape index (κ3) is 3.24. The minimum atomic E-state index is 0.903. The predicted molar refractivity (Wildman–Crippen MR) is 77.2 cm³/mol. The Kier molecular flexibility index (Phi) is 3.69. The van der Waals surface area contributed by atoms with E-state index in [9.17, 15) is 0 Å². The molecular weight excluding hydrogens is 228 g/mol. The summed E-state index contributed by atoms with van der Waals surface area (Å²) >= 11 is 1.81. The zero-order chi connectivity index (χ0) is 12.3. The van der Waals surface area contributed by atoms with Crippen molar-refractivity contribution in [3.63, 3.8) is 0 Å². The number of hydrogen-bond donors (Lipinski definition) is 1. The normalized spacial score (nSPS) is 10.3. The maximum atomic E-state index is 3.43. The molecule has 2 rings (SSSR count). The maximum absolute atomic E-state index is 3.43. The fourth-order valence-electron chi connectivity index (χ4n) is 1.65. The van der Waals surface area contributed by atoms with Crippen LogP contribution in [0.4, 0.5) is 11.4 Å². The highest BCUT2D eigenvalue weighted by Gasteiger charge is 1.98. The molecule has 0 aliphatic heterocycles. The molecule has 0 saturated heterocycles. The summed E-state index contributed by atoms with van der Waals surface area (Å²) in [6.45, 7) is 3.03. The van der Waals surface area contributed by atoms with Crippen molar-refractivity contribution in [1.29, 1.82) is 0 Å². The summed E-state index contributed by atoms with van der Waals surface area (Å²) in [6.07, 6.45) is 0. The molecule has 3 heteroatoms. The van der Waals surface area contributed by atoms with Crippen LogP contribution in [0.15, 0.2) is 35.7 Å². The van der Waals surface area contributed by atoms with E-state index in [1.54, 1.807) is 11.3 Å². The molecule has 17 heavy (non-hydrogen) atoms. The van der Waals surface area contributed by atoms with Crippen LogP contribution in [-0.2, 0) is 6.54 Å². The van der Waals surface area contributed by atoms with Crippen molar-refractivity contribution >= 4 is 22.7 Å². The van der Waals surface area contributed by atoms with E-state index in [2.05, 4.69) is 66.9 Å². The van der Waals surface area contributed by atoms with Crippen LogP contribution in [0.1, 0.15) is 10.4 Å². The molecule has 2 nitrogen and oxygen atoms in total. The van der Waals surface area contributed by atoms with E-state index >= 15 is 0 Å². The van der Waals surface area contributed by atoms with Gasteiger partial charge in [-0.3, -0.25) is 0 Å². The summed E-state index contributed by atoms with van der Waals surface area (Å²) in [7, 11) is 4.10. The first-order chi connectivity index (χ1) is 8.15. The SMILES string of the molecule is Cc1csc(CNc2ccc(N(C)C)cc2)c1. The Labute approximate surface area is 107 Å². The average Bonchev–Trinajstić information content (AvgIpc) is 2.73. The van der Waals surface area contributed by atoms with Gasteiger partial charge in [0.2, 0.25) is 0 Å². The largest absolute Gasteiger partial charge is 0.380 e. The highest BCUT2D eigenvalue weighted by atomic mass is 32.1. The minimum absolute atomic E-state index is 0.903. The van der Waals surface area contributed by atoms with Gasteiger partial charge in [0, 0.05) is 36.9 Å². The van der Waals surface area contributed by atoms with E-state index in [-0.39, 0.29) is 0 Å². The fraction of sp³-hybridized carbons (Fsp3) is 0.286. The molecule has 0 radical (unpaired) electrons. The van der Waals surface area contributed by atoms with Gasteiger partial charge in [0.05, 0.1) is 0 Å². The van der Waals surface area contributed by atoms with Crippen molar-refractivity contribution in [3.05, 3.63) is 46.2 Å². The highest BCUT2D eigenvalue weighted by Crippen LogP contribution is 2.18. The molecule has 1 N–H and O–H groups in total. The molecule has 0 amide bonds. The van der Waals surface area contributed by atoms with Crippen molar-refractivity contribution in [2.45, 2.75) is 13.5 Å². The molecule has 1 heterocycles. The summed E-state index contributed by atoms with van der Waals surface area (Å²) in [5.41, 5.74) is 3.74. The van der Waals surface area contributed by atoms with E-state index in [1.165, 1.54) is 21.8 Å². The zero-order valence-electron chi connectivity index (χ0n) is 10.5. The molecule has 0 aliphatic carbocycles. The lowest BCUT2D eigenvalue weighted by Crippen LogP contribution is -2.08. The van der Waals surface area contributed by atoms with E-state index < -0.39 is 0 Å². The Morgan fingerprint density at radius 1 is 1.18 bits per heavy atom. The van der Waals surface area contributed by atoms with E-state index in [4.69, 9.17) is 0 Å². The molecule has 0 saturated carbocycles.